The fourth-order valence-electron chi connectivity index (χ4n) is 2.47. The molecule has 1 aliphatic rings. The Morgan fingerprint density at radius 3 is 2.05 bits per heavy atom. The van der Waals surface area contributed by atoms with Crippen LogP contribution in [0.2, 0.25) is 0 Å². The molecule has 7 heteroatoms. The number of amides is 1. The van der Waals surface area contributed by atoms with Crippen molar-refractivity contribution in [1.82, 2.24) is 5.32 Å². The van der Waals surface area contributed by atoms with Gasteiger partial charge in [0.15, 0.2) is 9.84 Å². The third-order valence-corrected chi connectivity index (χ3v) is 5.94. The highest BCUT2D eigenvalue weighted by Crippen LogP contribution is 2.27. The Labute approximate surface area is 126 Å². The normalized spacial score (nSPS) is 21.3. The van der Waals surface area contributed by atoms with Gasteiger partial charge >= 0.3 is 0 Å². The van der Waals surface area contributed by atoms with Crippen molar-refractivity contribution in [3.8, 4) is 0 Å². The van der Waals surface area contributed by atoms with E-state index in [1.807, 2.05) is 0 Å². The summed E-state index contributed by atoms with van der Waals surface area (Å²) in [6.07, 6.45) is 7.65. The maximum atomic E-state index is 12.2. The Morgan fingerprint density at radius 2 is 1.65 bits per heavy atom. The van der Waals surface area contributed by atoms with E-state index in [1.54, 1.807) is 0 Å². The molecule has 0 aromatic heterocycles. The number of sulfone groups is 1. The van der Waals surface area contributed by atoms with Crippen LogP contribution in [0.3, 0.4) is 0 Å². The van der Waals surface area contributed by atoms with Crippen LogP contribution in [-0.2, 0) is 14.6 Å². The van der Waals surface area contributed by atoms with Crippen LogP contribution in [0.15, 0.2) is 0 Å². The van der Waals surface area contributed by atoms with Gasteiger partial charge in [-0.2, -0.15) is 0 Å². The summed E-state index contributed by atoms with van der Waals surface area (Å²) in [7, 11) is -3.42. The molecule has 0 radical (unpaired) electrons. The first-order chi connectivity index (χ1) is 9.19. The van der Waals surface area contributed by atoms with Crippen LogP contribution in [0.5, 0.6) is 0 Å². The van der Waals surface area contributed by atoms with E-state index in [-0.39, 0.29) is 4.99 Å². The van der Waals surface area contributed by atoms with Crippen LogP contribution >= 0.6 is 12.2 Å². The van der Waals surface area contributed by atoms with Crippen LogP contribution < -0.4 is 11.1 Å². The average Bonchev–Trinajstić information content (AvgIpc) is 2.30. The van der Waals surface area contributed by atoms with Crippen molar-refractivity contribution in [2.75, 3.05) is 6.26 Å². The van der Waals surface area contributed by atoms with Gasteiger partial charge < -0.3 is 11.1 Å². The molecule has 20 heavy (non-hydrogen) atoms. The van der Waals surface area contributed by atoms with Crippen molar-refractivity contribution < 1.29 is 13.2 Å². The summed E-state index contributed by atoms with van der Waals surface area (Å²) in [5, 5.41) is 1.74. The first kappa shape index (κ1) is 17.4. The summed E-state index contributed by atoms with van der Waals surface area (Å²) >= 11 is 5.14. The second-order valence-electron chi connectivity index (χ2n) is 5.68. The van der Waals surface area contributed by atoms with E-state index in [0.717, 1.165) is 31.9 Å². The largest absolute Gasteiger partial charge is 0.391 e. The zero-order valence-electron chi connectivity index (χ0n) is 12.1. The van der Waals surface area contributed by atoms with Crippen molar-refractivity contribution in [2.24, 2.45) is 5.73 Å². The molecular formula is C13H24N2O3S2. The summed E-state index contributed by atoms with van der Waals surface area (Å²) in [6, 6.07) is 0. The van der Waals surface area contributed by atoms with Crippen LogP contribution in [0.25, 0.3) is 0 Å². The molecule has 0 aromatic carbocycles. The van der Waals surface area contributed by atoms with Crippen molar-refractivity contribution in [1.29, 1.82) is 0 Å². The molecule has 1 fully saturated rings. The van der Waals surface area contributed by atoms with Gasteiger partial charge in [-0.3, -0.25) is 4.79 Å². The molecule has 0 saturated heterocycles. The van der Waals surface area contributed by atoms with Crippen LogP contribution in [0, 0.1) is 0 Å². The molecule has 1 amide bonds. The Balaban J connectivity index is 2.90. The number of thiocarbonyl (C=S) groups is 1. The van der Waals surface area contributed by atoms with Gasteiger partial charge in [-0.1, -0.05) is 44.3 Å². The summed E-state index contributed by atoms with van der Waals surface area (Å²) in [5.74, 6) is -0.513. The molecule has 0 spiro atoms. The van der Waals surface area contributed by atoms with E-state index in [1.165, 1.54) is 13.3 Å². The fourth-order valence-corrected chi connectivity index (χ4v) is 3.18. The lowest BCUT2D eigenvalue weighted by Crippen LogP contribution is -2.59. The van der Waals surface area contributed by atoms with Crippen molar-refractivity contribution in [3.63, 3.8) is 0 Å². The van der Waals surface area contributed by atoms with Crippen molar-refractivity contribution in [3.05, 3.63) is 0 Å². The molecule has 3 N–H and O–H groups in total. The lowest BCUT2D eigenvalue weighted by Gasteiger charge is -2.36. The molecule has 116 valence electrons. The topological polar surface area (TPSA) is 89.3 Å². The highest BCUT2D eigenvalue weighted by molar-refractivity contribution is 7.92. The first-order valence-corrected chi connectivity index (χ1v) is 9.36. The molecule has 1 saturated carbocycles. The van der Waals surface area contributed by atoms with Gasteiger partial charge in [0.05, 0.1) is 10.5 Å². The summed E-state index contributed by atoms with van der Waals surface area (Å²) < 4.78 is 23.0. The highest BCUT2D eigenvalue weighted by atomic mass is 32.2. The van der Waals surface area contributed by atoms with E-state index in [2.05, 4.69) is 5.32 Å². The summed E-state index contributed by atoms with van der Waals surface area (Å²) in [5.41, 5.74) is 5.12. The number of carbonyl (C=O) groups excluding carboxylic acids is 1. The van der Waals surface area contributed by atoms with Crippen molar-refractivity contribution >= 4 is 33.0 Å². The van der Waals surface area contributed by atoms with E-state index in [4.69, 9.17) is 18.0 Å². The molecular weight excluding hydrogens is 296 g/mol. The Hall–Kier alpha value is -0.690. The minimum atomic E-state index is -3.42. The molecule has 5 nitrogen and oxygen atoms in total. The summed E-state index contributed by atoms with van der Waals surface area (Å²) in [6.45, 7) is 1.39. The van der Waals surface area contributed by atoms with Gasteiger partial charge in [-0.15, -0.1) is 0 Å². The van der Waals surface area contributed by atoms with E-state index in [0.29, 0.717) is 12.8 Å². The van der Waals surface area contributed by atoms with Crippen LogP contribution in [-0.4, -0.2) is 36.4 Å². The lowest BCUT2D eigenvalue weighted by atomic mass is 9.83. The third-order valence-electron chi connectivity index (χ3n) is 4.05. The minimum Gasteiger partial charge on any atom is -0.391 e. The van der Waals surface area contributed by atoms with Crippen molar-refractivity contribution in [2.45, 2.75) is 62.7 Å². The molecule has 1 aliphatic carbocycles. The second-order valence-corrected chi connectivity index (χ2v) is 8.48. The zero-order valence-corrected chi connectivity index (χ0v) is 13.8. The Morgan fingerprint density at radius 1 is 1.20 bits per heavy atom. The third kappa shape index (κ3) is 4.41. The highest BCUT2D eigenvalue weighted by Gasteiger charge is 2.37. The number of hydrogen-bond acceptors (Lipinski definition) is 4. The average molecular weight is 320 g/mol. The standard InChI is InChI=1S/C13H24N2O3S2/c1-10(20(2,17)18)11(16)15-13(12(14)19)8-6-4-3-5-7-9-13/h10H,3-9H2,1-2H3,(H2,14,19)(H,15,16). The molecule has 0 aliphatic heterocycles. The SMILES string of the molecule is CC(C(=O)NC1(C(N)=S)CCCCCCC1)S(C)(=O)=O. The number of nitrogens with one attached hydrogen (secondary N) is 1. The fraction of sp³-hybridized carbons (Fsp3) is 0.846. The maximum Gasteiger partial charge on any atom is 0.238 e. The quantitative estimate of drug-likeness (QED) is 0.762. The molecule has 0 aromatic rings. The monoisotopic (exact) mass is 320 g/mol. The van der Waals surface area contributed by atoms with E-state index >= 15 is 0 Å². The van der Waals surface area contributed by atoms with Gasteiger partial charge in [-0.05, 0) is 19.8 Å². The van der Waals surface area contributed by atoms with Gasteiger partial charge in [-0.25, -0.2) is 8.42 Å². The predicted molar refractivity (Wildman–Crippen MR) is 84.3 cm³/mol. The van der Waals surface area contributed by atoms with Crippen LogP contribution in [0.4, 0.5) is 0 Å². The number of hydrogen-bond donors (Lipinski definition) is 2. The molecule has 1 rings (SSSR count). The zero-order chi connectivity index (χ0) is 15.4. The van der Waals surface area contributed by atoms with Gasteiger partial charge in [0.1, 0.15) is 5.25 Å². The van der Waals surface area contributed by atoms with E-state index < -0.39 is 26.5 Å². The van der Waals surface area contributed by atoms with Gasteiger partial charge in [0, 0.05) is 6.26 Å². The number of carbonyl (C=O) groups is 1. The van der Waals surface area contributed by atoms with E-state index in [9.17, 15) is 13.2 Å². The second kappa shape index (κ2) is 6.85. The minimum absolute atomic E-state index is 0.258. The first-order valence-electron chi connectivity index (χ1n) is 7.00. The maximum absolute atomic E-state index is 12.2. The van der Waals surface area contributed by atoms with Gasteiger partial charge in [0.25, 0.3) is 0 Å². The lowest BCUT2D eigenvalue weighted by molar-refractivity contribution is -0.121. The molecule has 0 bridgehead atoms. The summed E-state index contributed by atoms with van der Waals surface area (Å²) in [4.78, 5) is 12.4. The van der Waals surface area contributed by atoms with Crippen LogP contribution in [0.1, 0.15) is 51.9 Å². The Bertz CT molecular complexity index is 466. The Kier molecular flexibility index (Phi) is 5.94. The van der Waals surface area contributed by atoms with Gasteiger partial charge in [0.2, 0.25) is 5.91 Å². The smallest absolute Gasteiger partial charge is 0.238 e. The molecule has 1 unspecified atom stereocenters. The number of rotatable bonds is 4. The predicted octanol–water partition coefficient (Wildman–Crippen LogP) is 1.30. The number of nitrogens with two attached hydrogens (primary N) is 1. The molecule has 1 atom stereocenters. The molecule has 0 heterocycles.